The van der Waals surface area contributed by atoms with Gasteiger partial charge < -0.3 is 0 Å². The lowest BCUT2D eigenvalue weighted by atomic mass is 10.2. The lowest BCUT2D eigenvalue weighted by Gasteiger charge is -1.97. The van der Waals surface area contributed by atoms with E-state index in [2.05, 4.69) is 10.5 Å². The van der Waals surface area contributed by atoms with Crippen molar-refractivity contribution in [3.63, 3.8) is 0 Å². The molecule has 2 aromatic rings. The Morgan fingerprint density at radius 3 is 2.95 bits per heavy atom. The van der Waals surface area contributed by atoms with Crippen LogP contribution in [0.3, 0.4) is 0 Å². The average Bonchev–Trinajstić information content (AvgIpc) is 2.92. The van der Waals surface area contributed by atoms with E-state index in [1.807, 2.05) is 17.5 Å². The normalized spacial score (nSPS) is 10.6. The monoisotopic (exact) mass is 289 g/mol. The molecular weight excluding hydrogens is 278 g/mol. The highest BCUT2D eigenvalue weighted by molar-refractivity contribution is 7.10. The van der Waals surface area contributed by atoms with Gasteiger partial charge in [0.05, 0.1) is 17.6 Å². The molecule has 0 aliphatic rings. The molecule has 0 atom stereocenters. The average molecular weight is 289 g/mol. The number of amides is 1. The van der Waals surface area contributed by atoms with Gasteiger partial charge in [0.15, 0.2) is 0 Å². The van der Waals surface area contributed by atoms with Crippen molar-refractivity contribution in [3.05, 3.63) is 62.3 Å². The molecule has 1 heterocycles. The molecule has 6 nitrogen and oxygen atoms in total. The lowest BCUT2D eigenvalue weighted by Crippen LogP contribution is -2.19. The first-order valence-electron chi connectivity index (χ1n) is 5.74. The van der Waals surface area contributed by atoms with Crippen LogP contribution in [0.25, 0.3) is 0 Å². The number of rotatable bonds is 5. The maximum absolute atomic E-state index is 11.5. The molecule has 1 amide bonds. The third kappa shape index (κ3) is 3.99. The van der Waals surface area contributed by atoms with Crippen LogP contribution in [0.15, 0.2) is 46.9 Å². The topological polar surface area (TPSA) is 84.6 Å². The quantitative estimate of drug-likeness (QED) is 0.521. The van der Waals surface area contributed by atoms with Gasteiger partial charge >= 0.3 is 0 Å². The number of thiophene rings is 1. The van der Waals surface area contributed by atoms with Crippen LogP contribution in [-0.2, 0) is 11.2 Å². The molecule has 0 aliphatic carbocycles. The van der Waals surface area contributed by atoms with E-state index in [-0.39, 0.29) is 18.0 Å². The second-order valence-corrected chi connectivity index (χ2v) is 4.93. The Balaban J connectivity index is 1.91. The van der Waals surface area contributed by atoms with E-state index >= 15 is 0 Å². The van der Waals surface area contributed by atoms with Crippen molar-refractivity contribution in [2.45, 2.75) is 6.42 Å². The van der Waals surface area contributed by atoms with E-state index in [9.17, 15) is 14.9 Å². The number of nitro groups is 1. The first kappa shape index (κ1) is 13.9. The molecule has 0 fully saturated rings. The summed E-state index contributed by atoms with van der Waals surface area (Å²) < 4.78 is 0. The Bertz CT molecular complexity index is 638. The molecule has 1 N–H and O–H groups in total. The summed E-state index contributed by atoms with van der Waals surface area (Å²) in [5.74, 6) is -0.228. The molecule has 1 aromatic heterocycles. The number of nitrogens with one attached hydrogen (secondary N) is 1. The van der Waals surface area contributed by atoms with E-state index < -0.39 is 4.92 Å². The predicted molar refractivity (Wildman–Crippen MR) is 76.9 cm³/mol. The number of hydrogen-bond acceptors (Lipinski definition) is 5. The summed E-state index contributed by atoms with van der Waals surface area (Å²) in [5, 5.41) is 16.3. The van der Waals surface area contributed by atoms with Crippen LogP contribution in [0.1, 0.15) is 10.4 Å². The van der Waals surface area contributed by atoms with Crippen molar-refractivity contribution in [1.29, 1.82) is 0 Å². The summed E-state index contributed by atoms with van der Waals surface area (Å²) in [7, 11) is 0. The molecule has 0 unspecified atom stereocenters. The Morgan fingerprint density at radius 1 is 1.40 bits per heavy atom. The molecule has 0 saturated heterocycles. The number of benzene rings is 1. The second kappa shape index (κ2) is 6.58. The summed E-state index contributed by atoms with van der Waals surface area (Å²) in [6.07, 6.45) is 1.64. The number of nitro benzene ring substituents is 1. The molecule has 0 radical (unpaired) electrons. The van der Waals surface area contributed by atoms with Gasteiger partial charge in [-0.25, -0.2) is 5.43 Å². The molecule has 102 valence electrons. The summed E-state index contributed by atoms with van der Waals surface area (Å²) >= 11 is 1.50. The van der Waals surface area contributed by atoms with E-state index in [0.717, 1.165) is 4.88 Å². The highest BCUT2D eigenvalue weighted by Gasteiger charge is 2.05. The fourth-order valence-corrected chi connectivity index (χ4v) is 2.21. The highest BCUT2D eigenvalue weighted by atomic mass is 32.1. The fraction of sp³-hybridized carbons (Fsp3) is 0.0769. The van der Waals surface area contributed by atoms with Gasteiger partial charge in [0.2, 0.25) is 5.91 Å². The van der Waals surface area contributed by atoms with E-state index in [4.69, 9.17) is 0 Å². The van der Waals surface area contributed by atoms with Crippen molar-refractivity contribution in [1.82, 2.24) is 5.43 Å². The molecule has 0 spiro atoms. The van der Waals surface area contributed by atoms with E-state index in [0.29, 0.717) is 5.56 Å². The molecule has 20 heavy (non-hydrogen) atoms. The Hall–Kier alpha value is -2.54. The van der Waals surface area contributed by atoms with Crippen LogP contribution in [0.5, 0.6) is 0 Å². The molecule has 0 bridgehead atoms. The van der Waals surface area contributed by atoms with Gasteiger partial charge in [-0.3, -0.25) is 14.9 Å². The first-order valence-corrected chi connectivity index (χ1v) is 6.62. The van der Waals surface area contributed by atoms with Gasteiger partial charge in [-0.05, 0) is 11.4 Å². The first-order chi connectivity index (χ1) is 9.65. The van der Waals surface area contributed by atoms with Gasteiger partial charge in [-0.15, -0.1) is 11.3 Å². The smallest absolute Gasteiger partial charge is 0.270 e. The SMILES string of the molecule is O=C(Cc1cccs1)N/N=C\c1cccc([N+](=O)[O-])c1. The number of nitrogens with zero attached hydrogens (tertiary/aromatic N) is 2. The zero-order valence-electron chi connectivity index (χ0n) is 10.4. The molecule has 0 saturated carbocycles. The minimum atomic E-state index is -0.479. The number of carbonyl (C=O) groups excluding carboxylic acids is 1. The molecule has 7 heteroatoms. The molecule has 0 aliphatic heterocycles. The van der Waals surface area contributed by atoms with Crippen molar-refractivity contribution in [2.24, 2.45) is 5.10 Å². The summed E-state index contributed by atoms with van der Waals surface area (Å²) in [4.78, 5) is 22.6. The predicted octanol–water partition coefficient (Wildman–Crippen LogP) is 2.35. The molecular formula is C13H11N3O3S. The van der Waals surface area contributed by atoms with Crippen LogP contribution in [0, 0.1) is 10.1 Å². The lowest BCUT2D eigenvalue weighted by molar-refractivity contribution is -0.384. The fourth-order valence-electron chi connectivity index (χ4n) is 1.51. The maximum atomic E-state index is 11.5. The van der Waals surface area contributed by atoms with Gasteiger partial charge in [-0.2, -0.15) is 5.10 Å². The van der Waals surface area contributed by atoms with Crippen LogP contribution in [0.2, 0.25) is 0 Å². The third-order valence-electron chi connectivity index (χ3n) is 2.40. The minimum Gasteiger partial charge on any atom is -0.273 e. The second-order valence-electron chi connectivity index (χ2n) is 3.90. The number of non-ortho nitro benzene ring substituents is 1. The zero-order chi connectivity index (χ0) is 14.4. The summed E-state index contributed by atoms with van der Waals surface area (Å²) in [6.45, 7) is 0. The van der Waals surface area contributed by atoms with Crippen molar-refractivity contribution >= 4 is 29.1 Å². The Labute approximate surface area is 118 Å². The standard InChI is InChI=1S/C13H11N3O3S/c17-13(8-12-5-2-6-20-12)15-14-9-10-3-1-4-11(7-10)16(18)19/h1-7,9H,8H2,(H,15,17)/b14-9-. The van der Waals surface area contributed by atoms with Crippen LogP contribution in [0.4, 0.5) is 5.69 Å². The van der Waals surface area contributed by atoms with Crippen molar-refractivity contribution < 1.29 is 9.72 Å². The van der Waals surface area contributed by atoms with Gasteiger partial charge in [0.1, 0.15) is 0 Å². The van der Waals surface area contributed by atoms with Gasteiger partial charge in [-0.1, -0.05) is 18.2 Å². The third-order valence-corrected chi connectivity index (χ3v) is 3.28. The number of hydrazone groups is 1. The van der Waals surface area contributed by atoms with Crippen LogP contribution < -0.4 is 5.43 Å². The van der Waals surface area contributed by atoms with E-state index in [1.54, 1.807) is 12.1 Å². The highest BCUT2D eigenvalue weighted by Crippen LogP contribution is 2.11. The van der Waals surface area contributed by atoms with Crippen molar-refractivity contribution in [3.8, 4) is 0 Å². The van der Waals surface area contributed by atoms with E-state index in [1.165, 1.54) is 29.7 Å². The van der Waals surface area contributed by atoms with Crippen LogP contribution in [-0.4, -0.2) is 17.0 Å². The molecule has 1 aromatic carbocycles. The Morgan fingerprint density at radius 2 is 2.25 bits per heavy atom. The Kier molecular flexibility index (Phi) is 4.56. The maximum Gasteiger partial charge on any atom is 0.270 e. The van der Waals surface area contributed by atoms with Gasteiger partial charge in [0, 0.05) is 22.6 Å². The van der Waals surface area contributed by atoms with Gasteiger partial charge in [0.25, 0.3) is 5.69 Å². The number of carbonyl (C=O) groups is 1. The molecule has 2 rings (SSSR count). The summed E-state index contributed by atoms with van der Waals surface area (Å²) in [5.41, 5.74) is 2.92. The zero-order valence-corrected chi connectivity index (χ0v) is 11.2. The largest absolute Gasteiger partial charge is 0.273 e. The minimum absolute atomic E-state index is 0.0149. The number of hydrogen-bond donors (Lipinski definition) is 1. The van der Waals surface area contributed by atoms with Crippen LogP contribution >= 0.6 is 11.3 Å². The van der Waals surface area contributed by atoms with Crippen molar-refractivity contribution in [2.75, 3.05) is 0 Å². The summed E-state index contributed by atoms with van der Waals surface area (Å²) in [6, 6.07) is 9.75.